The van der Waals surface area contributed by atoms with E-state index in [2.05, 4.69) is 24.5 Å². The molecular formula is C24H32N2O3S. The molecule has 2 N–H and O–H groups in total. The molecule has 2 rings (SSSR count). The highest BCUT2D eigenvalue weighted by Gasteiger charge is 2.09. The van der Waals surface area contributed by atoms with Gasteiger partial charge in [0.2, 0.25) is 0 Å². The summed E-state index contributed by atoms with van der Waals surface area (Å²) in [4.78, 5) is 12.4. The molecule has 2 aromatic carbocycles. The van der Waals surface area contributed by atoms with Crippen molar-refractivity contribution in [3.8, 4) is 11.5 Å². The number of benzene rings is 2. The van der Waals surface area contributed by atoms with Gasteiger partial charge in [-0.1, -0.05) is 45.6 Å². The van der Waals surface area contributed by atoms with E-state index in [9.17, 15) is 4.79 Å². The Morgan fingerprint density at radius 1 is 0.867 bits per heavy atom. The number of unbranched alkanes of at least 4 members (excludes halogenated alkanes) is 4. The lowest BCUT2D eigenvalue weighted by Crippen LogP contribution is -2.34. The van der Waals surface area contributed by atoms with Crippen LogP contribution in [0.5, 0.6) is 11.5 Å². The van der Waals surface area contributed by atoms with E-state index in [1.807, 2.05) is 24.3 Å². The number of nitrogens with one attached hydrogen (secondary N) is 2. The SMILES string of the molecule is CCCCCCOc1cccc(NC(=S)NC(=O)c2ccc(OCCCC)cc2)c1. The van der Waals surface area contributed by atoms with Crippen molar-refractivity contribution in [1.29, 1.82) is 0 Å². The van der Waals surface area contributed by atoms with Crippen molar-refractivity contribution in [3.05, 3.63) is 54.1 Å². The van der Waals surface area contributed by atoms with E-state index < -0.39 is 0 Å². The zero-order chi connectivity index (χ0) is 21.6. The summed E-state index contributed by atoms with van der Waals surface area (Å²) in [6.07, 6.45) is 6.75. The number of rotatable bonds is 12. The summed E-state index contributed by atoms with van der Waals surface area (Å²) in [5.41, 5.74) is 1.29. The first kappa shape index (κ1) is 23.7. The Morgan fingerprint density at radius 3 is 2.30 bits per heavy atom. The molecule has 0 heterocycles. The molecule has 0 aromatic heterocycles. The summed E-state index contributed by atoms with van der Waals surface area (Å²) in [6.45, 7) is 5.68. The molecule has 0 saturated heterocycles. The van der Waals surface area contributed by atoms with E-state index in [0.717, 1.165) is 36.4 Å². The van der Waals surface area contributed by atoms with Crippen LogP contribution in [0.15, 0.2) is 48.5 Å². The molecule has 0 radical (unpaired) electrons. The molecule has 0 unspecified atom stereocenters. The van der Waals surface area contributed by atoms with E-state index >= 15 is 0 Å². The molecule has 0 aliphatic rings. The van der Waals surface area contributed by atoms with Gasteiger partial charge >= 0.3 is 0 Å². The molecule has 0 aliphatic carbocycles. The Kier molecular flexibility index (Phi) is 10.7. The molecule has 0 aliphatic heterocycles. The third kappa shape index (κ3) is 8.82. The van der Waals surface area contributed by atoms with E-state index in [1.54, 1.807) is 24.3 Å². The van der Waals surface area contributed by atoms with Crippen molar-refractivity contribution in [2.45, 2.75) is 52.4 Å². The Morgan fingerprint density at radius 2 is 1.57 bits per heavy atom. The maximum atomic E-state index is 12.4. The van der Waals surface area contributed by atoms with Crippen LogP contribution in [0, 0.1) is 0 Å². The first-order valence-corrected chi connectivity index (χ1v) is 11.1. The summed E-state index contributed by atoms with van der Waals surface area (Å²) in [7, 11) is 0. The first-order valence-electron chi connectivity index (χ1n) is 10.7. The minimum Gasteiger partial charge on any atom is -0.494 e. The average molecular weight is 429 g/mol. The highest BCUT2D eigenvalue weighted by Crippen LogP contribution is 2.18. The molecule has 6 heteroatoms. The lowest BCUT2D eigenvalue weighted by Gasteiger charge is -2.12. The third-order valence-corrected chi connectivity index (χ3v) is 4.67. The Balaban J connectivity index is 1.80. The van der Waals surface area contributed by atoms with Crippen LogP contribution in [-0.4, -0.2) is 24.2 Å². The van der Waals surface area contributed by atoms with Gasteiger partial charge in [0.1, 0.15) is 11.5 Å². The quantitative estimate of drug-likeness (QED) is 0.323. The van der Waals surface area contributed by atoms with Crippen molar-refractivity contribution in [2.24, 2.45) is 0 Å². The Bertz CT molecular complexity index is 793. The van der Waals surface area contributed by atoms with Crippen LogP contribution in [0.1, 0.15) is 62.7 Å². The highest BCUT2D eigenvalue weighted by atomic mass is 32.1. The Labute approximate surface area is 185 Å². The van der Waals surface area contributed by atoms with Crippen molar-refractivity contribution >= 4 is 28.9 Å². The second kappa shape index (κ2) is 13.6. The standard InChI is InChI=1S/C24H32N2O3S/c1-3-5-7-8-17-29-22-11-9-10-20(18-22)25-24(30)26-23(27)19-12-14-21(15-13-19)28-16-6-4-2/h9-15,18H,3-8,16-17H2,1-2H3,(H2,25,26,27,30). The lowest BCUT2D eigenvalue weighted by molar-refractivity contribution is 0.0977. The number of hydrogen-bond acceptors (Lipinski definition) is 4. The summed E-state index contributed by atoms with van der Waals surface area (Å²) in [5.74, 6) is 1.27. The van der Waals surface area contributed by atoms with Gasteiger partial charge < -0.3 is 14.8 Å². The fraction of sp³-hybridized carbons (Fsp3) is 0.417. The maximum absolute atomic E-state index is 12.4. The molecular weight excluding hydrogens is 396 g/mol. The number of amides is 1. The minimum absolute atomic E-state index is 0.239. The molecule has 0 fully saturated rings. The van der Waals surface area contributed by atoms with Crippen LogP contribution in [0.3, 0.4) is 0 Å². The van der Waals surface area contributed by atoms with Crippen molar-refractivity contribution in [3.63, 3.8) is 0 Å². The summed E-state index contributed by atoms with van der Waals surface area (Å²) >= 11 is 5.28. The second-order valence-corrected chi connectivity index (χ2v) is 7.48. The summed E-state index contributed by atoms with van der Waals surface area (Å²) in [6, 6.07) is 14.6. The smallest absolute Gasteiger partial charge is 0.257 e. The molecule has 0 bridgehead atoms. The number of anilines is 1. The maximum Gasteiger partial charge on any atom is 0.257 e. The summed E-state index contributed by atoms with van der Waals surface area (Å²) < 4.78 is 11.4. The molecule has 30 heavy (non-hydrogen) atoms. The molecule has 0 spiro atoms. The van der Waals surface area contributed by atoms with Crippen LogP contribution >= 0.6 is 12.2 Å². The molecule has 0 saturated carbocycles. The van der Waals surface area contributed by atoms with E-state index in [1.165, 1.54) is 19.3 Å². The van der Waals surface area contributed by atoms with Crippen LogP contribution in [0.25, 0.3) is 0 Å². The third-order valence-electron chi connectivity index (χ3n) is 4.47. The number of ether oxygens (including phenoxy) is 2. The number of thiocarbonyl (C=S) groups is 1. The number of carbonyl (C=O) groups excluding carboxylic acids is 1. The van der Waals surface area contributed by atoms with Crippen LogP contribution in [-0.2, 0) is 0 Å². The largest absolute Gasteiger partial charge is 0.494 e. The van der Waals surface area contributed by atoms with E-state index in [-0.39, 0.29) is 11.0 Å². The topological polar surface area (TPSA) is 59.6 Å². The predicted octanol–water partition coefficient (Wildman–Crippen LogP) is 5.95. The molecule has 2 aromatic rings. The zero-order valence-corrected chi connectivity index (χ0v) is 18.7. The summed E-state index contributed by atoms with van der Waals surface area (Å²) in [5, 5.41) is 5.98. The van der Waals surface area contributed by atoms with Crippen LogP contribution in [0.4, 0.5) is 5.69 Å². The van der Waals surface area contributed by atoms with Gasteiger partial charge in [-0.25, -0.2) is 0 Å². The monoisotopic (exact) mass is 428 g/mol. The highest BCUT2D eigenvalue weighted by molar-refractivity contribution is 7.80. The predicted molar refractivity (Wildman–Crippen MR) is 127 cm³/mol. The van der Waals surface area contributed by atoms with Gasteiger partial charge in [-0.15, -0.1) is 0 Å². The minimum atomic E-state index is -0.268. The van der Waals surface area contributed by atoms with Crippen LogP contribution < -0.4 is 20.1 Å². The van der Waals surface area contributed by atoms with E-state index in [0.29, 0.717) is 18.8 Å². The van der Waals surface area contributed by atoms with Crippen molar-refractivity contribution in [2.75, 3.05) is 18.5 Å². The van der Waals surface area contributed by atoms with Gasteiger partial charge in [-0.05, 0) is 61.5 Å². The first-order chi connectivity index (χ1) is 14.6. The Hall–Kier alpha value is -2.60. The molecule has 162 valence electrons. The fourth-order valence-electron chi connectivity index (χ4n) is 2.76. The molecule has 1 amide bonds. The second-order valence-electron chi connectivity index (χ2n) is 7.07. The van der Waals surface area contributed by atoms with Crippen molar-refractivity contribution in [1.82, 2.24) is 5.32 Å². The average Bonchev–Trinajstić information content (AvgIpc) is 2.74. The van der Waals surface area contributed by atoms with E-state index in [4.69, 9.17) is 21.7 Å². The zero-order valence-electron chi connectivity index (χ0n) is 17.9. The van der Waals surface area contributed by atoms with Gasteiger partial charge in [-0.3, -0.25) is 10.1 Å². The van der Waals surface area contributed by atoms with Crippen molar-refractivity contribution < 1.29 is 14.3 Å². The van der Waals surface area contributed by atoms with Gasteiger partial charge in [-0.2, -0.15) is 0 Å². The van der Waals surface area contributed by atoms with Crippen LogP contribution in [0.2, 0.25) is 0 Å². The number of hydrogen-bond donors (Lipinski definition) is 2. The molecule has 0 atom stereocenters. The van der Waals surface area contributed by atoms with Gasteiger partial charge in [0.15, 0.2) is 5.11 Å². The van der Waals surface area contributed by atoms with Gasteiger partial charge in [0.25, 0.3) is 5.91 Å². The number of carbonyl (C=O) groups is 1. The van der Waals surface area contributed by atoms with Gasteiger partial charge in [0, 0.05) is 17.3 Å². The normalized spacial score (nSPS) is 10.3. The molecule has 5 nitrogen and oxygen atoms in total. The fourth-order valence-corrected chi connectivity index (χ4v) is 2.97. The van der Waals surface area contributed by atoms with Gasteiger partial charge in [0.05, 0.1) is 13.2 Å². The lowest BCUT2D eigenvalue weighted by atomic mass is 10.2.